The number of nitrogens with one attached hydrogen (secondary N) is 2. The second kappa shape index (κ2) is 7.26. The van der Waals surface area contributed by atoms with Crippen LogP contribution in [0.5, 0.6) is 5.75 Å². The molecule has 0 bridgehead atoms. The van der Waals surface area contributed by atoms with Crippen molar-refractivity contribution in [1.82, 2.24) is 5.32 Å². The summed E-state index contributed by atoms with van der Waals surface area (Å²) in [7, 11) is 0. The molecule has 0 spiro atoms. The number of aryl methyl sites for hydroxylation is 1. The van der Waals surface area contributed by atoms with E-state index in [2.05, 4.69) is 17.6 Å². The largest absolute Gasteiger partial charge is 0.491 e. The van der Waals surface area contributed by atoms with E-state index in [9.17, 15) is 9.90 Å². The van der Waals surface area contributed by atoms with Crippen LogP contribution in [0.25, 0.3) is 0 Å². The quantitative estimate of drug-likeness (QED) is 0.658. The molecular weight excluding hydrogens is 256 g/mol. The maximum absolute atomic E-state index is 11.3. The summed E-state index contributed by atoms with van der Waals surface area (Å²) in [6.07, 6.45) is 1.78. The molecule has 1 atom stereocenters. The van der Waals surface area contributed by atoms with Crippen molar-refractivity contribution in [3.8, 4) is 5.75 Å². The number of anilines is 1. The summed E-state index contributed by atoms with van der Waals surface area (Å²) in [5.41, 5.74) is 1.94. The van der Waals surface area contributed by atoms with Crippen molar-refractivity contribution >= 4 is 11.6 Å². The Hall–Kier alpha value is -1.59. The summed E-state index contributed by atoms with van der Waals surface area (Å²) >= 11 is 0. The van der Waals surface area contributed by atoms with Crippen molar-refractivity contribution in [3.05, 3.63) is 23.8 Å². The number of aliphatic hydroxyl groups is 1. The third-order valence-corrected chi connectivity index (χ3v) is 3.22. The molecule has 1 heterocycles. The zero-order valence-electron chi connectivity index (χ0n) is 11.8. The lowest BCUT2D eigenvalue weighted by Gasteiger charge is -2.18. The third kappa shape index (κ3) is 4.21. The van der Waals surface area contributed by atoms with Crippen molar-refractivity contribution in [2.24, 2.45) is 0 Å². The van der Waals surface area contributed by atoms with Crippen LogP contribution in [0, 0.1) is 0 Å². The van der Waals surface area contributed by atoms with Gasteiger partial charge in [-0.25, -0.2) is 0 Å². The Morgan fingerprint density at radius 2 is 2.30 bits per heavy atom. The van der Waals surface area contributed by atoms with Crippen LogP contribution in [0.1, 0.15) is 25.3 Å². The smallest absolute Gasteiger partial charge is 0.224 e. The van der Waals surface area contributed by atoms with E-state index >= 15 is 0 Å². The predicted molar refractivity (Wildman–Crippen MR) is 78.1 cm³/mol. The molecule has 2 rings (SSSR count). The number of carbonyl (C=O) groups excluding carboxylic acids is 1. The normalized spacial score (nSPS) is 15.4. The van der Waals surface area contributed by atoms with Gasteiger partial charge in [-0.05, 0) is 43.1 Å². The van der Waals surface area contributed by atoms with Crippen LogP contribution in [-0.2, 0) is 11.2 Å². The van der Waals surface area contributed by atoms with E-state index < -0.39 is 6.10 Å². The second-order valence-electron chi connectivity index (χ2n) is 5.04. The van der Waals surface area contributed by atoms with Gasteiger partial charge in [-0.2, -0.15) is 0 Å². The second-order valence-corrected chi connectivity index (χ2v) is 5.04. The Morgan fingerprint density at radius 3 is 3.10 bits per heavy atom. The number of benzene rings is 1. The molecule has 1 aliphatic heterocycles. The molecule has 1 aromatic carbocycles. The fourth-order valence-electron chi connectivity index (χ4n) is 2.15. The molecule has 3 N–H and O–H groups in total. The van der Waals surface area contributed by atoms with Crippen molar-refractivity contribution in [2.45, 2.75) is 32.3 Å². The van der Waals surface area contributed by atoms with E-state index in [0.29, 0.717) is 13.0 Å². The fourth-order valence-corrected chi connectivity index (χ4v) is 2.15. The number of amides is 1. The first-order chi connectivity index (χ1) is 9.69. The average molecular weight is 278 g/mol. The zero-order valence-corrected chi connectivity index (χ0v) is 11.8. The highest BCUT2D eigenvalue weighted by Gasteiger charge is 2.15. The molecule has 0 aromatic heterocycles. The molecule has 110 valence electrons. The molecule has 0 saturated carbocycles. The lowest BCUT2D eigenvalue weighted by molar-refractivity contribution is -0.116. The lowest BCUT2D eigenvalue weighted by atomic mass is 10.0. The Labute approximate surface area is 119 Å². The minimum absolute atomic E-state index is 0.0589. The zero-order chi connectivity index (χ0) is 14.4. The van der Waals surface area contributed by atoms with Gasteiger partial charge < -0.3 is 20.5 Å². The number of hydrogen-bond acceptors (Lipinski definition) is 4. The summed E-state index contributed by atoms with van der Waals surface area (Å²) < 4.78 is 5.59. The van der Waals surface area contributed by atoms with Crippen molar-refractivity contribution in [3.63, 3.8) is 0 Å². The van der Waals surface area contributed by atoms with E-state index in [-0.39, 0.29) is 12.5 Å². The SMILES string of the molecule is CCCNCC(O)COc1ccc2c(c1)CCC(=O)N2. The molecule has 1 aromatic rings. The van der Waals surface area contributed by atoms with Crippen LogP contribution in [0.4, 0.5) is 5.69 Å². The molecular formula is C15H22N2O3. The van der Waals surface area contributed by atoms with E-state index in [1.807, 2.05) is 18.2 Å². The topological polar surface area (TPSA) is 70.6 Å². The van der Waals surface area contributed by atoms with Gasteiger partial charge in [0.2, 0.25) is 5.91 Å². The summed E-state index contributed by atoms with van der Waals surface area (Å²) in [4.78, 5) is 11.3. The lowest BCUT2D eigenvalue weighted by Crippen LogP contribution is -2.31. The number of fused-ring (bicyclic) bond motifs is 1. The summed E-state index contributed by atoms with van der Waals surface area (Å²) in [5.74, 6) is 0.790. The van der Waals surface area contributed by atoms with Crippen LogP contribution in [0.3, 0.4) is 0 Å². The fraction of sp³-hybridized carbons (Fsp3) is 0.533. The highest BCUT2D eigenvalue weighted by Crippen LogP contribution is 2.26. The van der Waals surface area contributed by atoms with Gasteiger partial charge in [0, 0.05) is 18.7 Å². The Balaban J connectivity index is 1.83. The van der Waals surface area contributed by atoms with E-state index in [1.54, 1.807) is 0 Å². The molecule has 0 fully saturated rings. The van der Waals surface area contributed by atoms with E-state index in [1.165, 1.54) is 0 Å². The monoisotopic (exact) mass is 278 g/mol. The molecule has 5 nitrogen and oxygen atoms in total. The molecule has 20 heavy (non-hydrogen) atoms. The maximum Gasteiger partial charge on any atom is 0.224 e. The van der Waals surface area contributed by atoms with Crippen LogP contribution in [0.15, 0.2) is 18.2 Å². The molecule has 0 radical (unpaired) electrons. The average Bonchev–Trinajstić information content (AvgIpc) is 2.45. The molecule has 5 heteroatoms. The van der Waals surface area contributed by atoms with Crippen LogP contribution >= 0.6 is 0 Å². The van der Waals surface area contributed by atoms with E-state index in [0.717, 1.165) is 36.4 Å². The number of ether oxygens (including phenoxy) is 1. The Bertz CT molecular complexity index is 462. The van der Waals surface area contributed by atoms with Gasteiger partial charge in [-0.3, -0.25) is 4.79 Å². The maximum atomic E-state index is 11.3. The minimum Gasteiger partial charge on any atom is -0.491 e. The first kappa shape index (κ1) is 14.8. The third-order valence-electron chi connectivity index (χ3n) is 3.22. The standard InChI is InChI=1S/C15H22N2O3/c1-2-7-16-9-12(18)10-20-13-4-5-14-11(8-13)3-6-15(19)17-14/h4-5,8,12,16,18H,2-3,6-7,9-10H2,1H3,(H,17,19). The van der Waals surface area contributed by atoms with Crippen molar-refractivity contribution in [2.75, 3.05) is 25.0 Å². The number of rotatable bonds is 7. The van der Waals surface area contributed by atoms with Gasteiger partial charge in [0.15, 0.2) is 0 Å². The van der Waals surface area contributed by atoms with Gasteiger partial charge in [0.1, 0.15) is 18.5 Å². The number of carbonyl (C=O) groups is 1. The minimum atomic E-state index is -0.516. The first-order valence-electron chi connectivity index (χ1n) is 7.13. The summed E-state index contributed by atoms with van der Waals surface area (Å²) in [6.45, 7) is 3.79. The van der Waals surface area contributed by atoms with Crippen LogP contribution < -0.4 is 15.4 Å². The van der Waals surface area contributed by atoms with Gasteiger partial charge in [-0.1, -0.05) is 6.92 Å². The number of hydrogen-bond donors (Lipinski definition) is 3. The Kier molecular flexibility index (Phi) is 5.38. The van der Waals surface area contributed by atoms with Crippen molar-refractivity contribution in [1.29, 1.82) is 0 Å². The molecule has 1 amide bonds. The first-order valence-corrected chi connectivity index (χ1v) is 7.13. The molecule has 0 saturated heterocycles. The summed E-state index contributed by atoms with van der Waals surface area (Å²) in [6, 6.07) is 5.60. The summed E-state index contributed by atoms with van der Waals surface area (Å²) in [5, 5.41) is 15.7. The van der Waals surface area contributed by atoms with Crippen LogP contribution in [-0.4, -0.2) is 36.8 Å². The van der Waals surface area contributed by atoms with Gasteiger partial charge in [-0.15, -0.1) is 0 Å². The Morgan fingerprint density at radius 1 is 1.45 bits per heavy atom. The molecule has 1 unspecified atom stereocenters. The highest BCUT2D eigenvalue weighted by atomic mass is 16.5. The number of aliphatic hydroxyl groups excluding tert-OH is 1. The van der Waals surface area contributed by atoms with Gasteiger partial charge in [0.25, 0.3) is 0 Å². The molecule has 1 aliphatic rings. The highest BCUT2D eigenvalue weighted by molar-refractivity contribution is 5.93. The predicted octanol–water partition coefficient (Wildman–Crippen LogP) is 1.31. The van der Waals surface area contributed by atoms with Gasteiger partial charge in [0.05, 0.1) is 0 Å². The van der Waals surface area contributed by atoms with Crippen LogP contribution in [0.2, 0.25) is 0 Å². The van der Waals surface area contributed by atoms with Gasteiger partial charge >= 0.3 is 0 Å². The van der Waals surface area contributed by atoms with E-state index in [4.69, 9.17) is 4.74 Å². The molecule has 0 aliphatic carbocycles. The van der Waals surface area contributed by atoms with Crippen molar-refractivity contribution < 1.29 is 14.6 Å².